The molecular weight excluding hydrogens is 244 g/mol. The first-order valence-electron chi connectivity index (χ1n) is 6.54. The molecule has 0 bridgehead atoms. The fourth-order valence-electron chi connectivity index (χ4n) is 2.48. The fraction of sp³-hybridized carbons (Fsp3) is 0.538. The maximum atomic E-state index is 4.39. The number of anilines is 1. The SMILES string of the molecule is CCN1CCC(Nc2ncnc3ccsc23)CC1. The molecule has 1 fully saturated rings. The van der Waals surface area contributed by atoms with E-state index in [4.69, 9.17) is 0 Å². The van der Waals surface area contributed by atoms with Crippen molar-refractivity contribution < 1.29 is 0 Å². The molecule has 0 saturated carbocycles. The zero-order valence-corrected chi connectivity index (χ0v) is 11.4. The molecule has 0 aliphatic carbocycles. The quantitative estimate of drug-likeness (QED) is 0.923. The molecule has 18 heavy (non-hydrogen) atoms. The molecule has 0 atom stereocenters. The molecule has 3 heterocycles. The van der Waals surface area contributed by atoms with Crippen molar-refractivity contribution in [2.24, 2.45) is 0 Å². The van der Waals surface area contributed by atoms with Crippen LogP contribution in [0.3, 0.4) is 0 Å². The highest BCUT2D eigenvalue weighted by Gasteiger charge is 2.19. The Kier molecular flexibility index (Phi) is 3.43. The van der Waals surface area contributed by atoms with Crippen LogP contribution >= 0.6 is 11.3 Å². The molecule has 2 aromatic rings. The van der Waals surface area contributed by atoms with Crippen molar-refractivity contribution in [2.75, 3.05) is 25.0 Å². The molecule has 3 rings (SSSR count). The van der Waals surface area contributed by atoms with E-state index in [-0.39, 0.29) is 0 Å². The lowest BCUT2D eigenvalue weighted by molar-refractivity contribution is 0.229. The monoisotopic (exact) mass is 262 g/mol. The molecule has 1 N–H and O–H groups in total. The van der Waals surface area contributed by atoms with E-state index in [0.29, 0.717) is 6.04 Å². The Morgan fingerprint density at radius 1 is 1.39 bits per heavy atom. The van der Waals surface area contributed by atoms with Crippen molar-refractivity contribution in [3.63, 3.8) is 0 Å². The van der Waals surface area contributed by atoms with Gasteiger partial charge in [0.25, 0.3) is 0 Å². The van der Waals surface area contributed by atoms with Crippen molar-refractivity contribution in [2.45, 2.75) is 25.8 Å². The van der Waals surface area contributed by atoms with Gasteiger partial charge in [-0.05, 0) is 30.8 Å². The lowest BCUT2D eigenvalue weighted by atomic mass is 10.1. The number of rotatable bonds is 3. The predicted molar refractivity (Wildman–Crippen MR) is 76.2 cm³/mol. The lowest BCUT2D eigenvalue weighted by Gasteiger charge is -2.31. The van der Waals surface area contributed by atoms with Crippen LogP contribution in [0.2, 0.25) is 0 Å². The van der Waals surface area contributed by atoms with Gasteiger partial charge in [0.05, 0.1) is 10.2 Å². The van der Waals surface area contributed by atoms with E-state index in [2.05, 4.69) is 32.5 Å². The van der Waals surface area contributed by atoms with Crippen LogP contribution < -0.4 is 5.32 Å². The van der Waals surface area contributed by atoms with Gasteiger partial charge in [0, 0.05) is 19.1 Å². The molecule has 1 aliphatic heterocycles. The Labute approximate surface area is 111 Å². The summed E-state index contributed by atoms with van der Waals surface area (Å²) in [4.78, 5) is 11.2. The number of aromatic nitrogens is 2. The van der Waals surface area contributed by atoms with E-state index in [1.807, 2.05) is 6.07 Å². The standard InChI is InChI=1S/C13H18N4S/c1-2-17-6-3-10(4-7-17)16-13-12-11(5-8-18-12)14-9-15-13/h5,8-10H,2-4,6-7H2,1H3,(H,14,15,16). The van der Waals surface area contributed by atoms with Crippen LogP contribution in [0.1, 0.15) is 19.8 Å². The number of nitrogens with zero attached hydrogens (tertiary/aromatic N) is 3. The van der Waals surface area contributed by atoms with Gasteiger partial charge in [-0.25, -0.2) is 9.97 Å². The number of thiophene rings is 1. The number of nitrogens with one attached hydrogen (secondary N) is 1. The largest absolute Gasteiger partial charge is 0.366 e. The van der Waals surface area contributed by atoms with Crippen molar-refractivity contribution in [3.8, 4) is 0 Å². The molecule has 0 spiro atoms. The van der Waals surface area contributed by atoms with Crippen LogP contribution in [0.5, 0.6) is 0 Å². The van der Waals surface area contributed by atoms with Gasteiger partial charge in [-0.15, -0.1) is 11.3 Å². The average Bonchev–Trinajstić information content (AvgIpc) is 2.89. The maximum absolute atomic E-state index is 4.39. The van der Waals surface area contributed by atoms with Gasteiger partial charge in [0.1, 0.15) is 12.1 Å². The van der Waals surface area contributed by atoms with Crippen molar-refractivity contribution in [3.05, 3.63) is 17.8 Å². The molecule has 0 aromatic carbocycles. The Morgan fingerprint density at radius 3 is 3.00 bits per heavy atom. The summed E-state index contributed by atoms with van der Waals surface area (Å²) in [6.07, 6.45) is 4.05. The first-order chi connectivity index (χ1) is 8.86. The highest BCUT2D eigenvalue weighted by molar-refractivity contribution is 7.17. The number of hydrogen-bond acceptors (Lipinski definition) is 5. The summed E-state index contributed by atoms with van der Waals surface area (Å²) in [6, 6.07) is 2.60. The Balaban J connectivity index is 1.71. The molecule has 1 aliphatic rings. The van der Waals surface area contributed by atoms with E-state index in [0.717, 1.165) is 17.9 Å². The Morgan fingerprint density at radius 2 is 2.22 bits per heavy atom. The van der Waals surface area contributed by atoms with Crippen LogP contribution in [0.4, 0.5) is 5.82 Å². The van der Waals surface area contributed by atoms with E-state index in [1.165, 1.54) is 30.6 Å². The van der Waals surface area contributed by atoms with Crippen LogP contribution in [0.25, 0.3) is 10.2 Å². The Bertz CT molecular complexity index is 516. The number of fused-ring (bicyclic) bond motifs is 1. The van der Waals surface area contributed by atoms with Crippen molar-refractivity contribution in [1.82, 2.24) is 14.9 Å². The van der Waals surface area contributed by atoms with Crippen molar-refractivity contribution in [1.29, 1.82) is 0 Å². The number of piperidine rings is 1. The van der Waals surface area contributed by atoms with Gasteiger partial charge < -0.3 is 10.2 Å². The minimum atomic E-state index is 0.549. The third-order valence-corrected chi connectivity index (χ3v) is 4.53. The van der Waals surface area contributed by atoms with Gasteiger partial charge in [-0.2, -0.15) is 0 Å². The zero-order chi connectivity index (χ0) is 12.4. The van der Waals surface area contributed by atoms with Crippen molar-refractivity contribution >= 4 is 27.4 Å². The van der Waals surface area contributed by atoms with Gasteiger partial charge in [0.2, 0.25) is 0 Å². The third-order valence-electron chi connectivity index (χ3n) is 3.62. The van der Waals surface area contributed by atoms with E-state index < -0.39 is 0 Å². The van der Waals surface area contributed by atoms with Crippen LogP contribution in [-0.2, 0) is 0 Å². The zero-order valence-electron chi connectivity index (χ0n) is 10.6. The summed E-state index contributed by atoms with van der Waals surface area (Å²) in [5, 5.41) is 5.66. The summed E-state index contributed by atoms with van der Waals surface area (Å²) >= 11 is 1.71. The van der Waals surface area contributed by atoms with Crippen LogP contribution in [0, 0.1) is 0 Å². The molecule has 96 valence electrons. The van der Waals surface area contributed by atoms with E-state index >= 15 is 0 Å². The normalized spacial score (nSPS) is 18.3. The molecule has 4 nitrogen and oxygen atoms in total. The molecule has 5 heteroatoms. The second-order valence-electron chi connectivity index (χ2n) is 4.71. The summed E-state index contributed by atoms with van der Waals surface area (Å²) < 4.78 is 1.18. The predicted octanol–water partition coefficient (Wildman–Crippen LogP) is 2.59. The highest BCUT2D eigenvalue weighted by atomic mass is 32.1. The molecule has 0 unspecified atom stereocenters. The molecule has 0 amide bonds. The smallest absolute Gasteiger partial charge is 0.147 e. The molecule has 0 radical (unpaired) electrons. The second-order valence-corrected chi connectivity index (χ2v) is 5.63. The number of hydrogen-bond donors (Lipinski definition) is 1. The molecular formula is C13H18N4S. The summed E-state index contributed by atoms with van der Waals surface area (Å²) in [7, 11) is 0. The topological polar surface area (TPSA) is 41.0 Å². The van der Waals surface area contributed by atoms with Crippen LogP contribution in [0.15, 0.2) is 17.8 Å². The van der Waals surface area contributed by atoms with Gasteiger partial charge in [-0.1, -0.05) is 6.92 Å². The molecule has 2 aromatic heterocycles. The van der Waals surface area contributed by atoms with E-state index in [1.54, 1.807) is 17.7 Å². The lowest BCUT2D eigenvalue weighted by Crippen LogP contribution is -2.39. The maximum Gasteiger partial charge on any atom is 0.147 e. The first kappa shape index (κ1) is 11.9. The minimum Gasteiger partial charge on any atom is -0.366 e. The minimum absolute atomic E-state index is 0.549. The first-order valence-corrected chi connectivity index (χ1v) is 7.42. The third kappa shape index (κ3) is 2.33. The van der Waals surface area contributed by atoms with Gasteiger partial charge >= 0.3 is 0 Å². The summed E-state index contributed by atoms with van der Waals surface area (Å²) in [5.41, 5.74) is 1.04. The fourth-order valence-corrected chi connectivity index (χ4v) is 3.28. The highest BCUT2D eigenvalue weighted by Crippen LogP contribution is 2.26. The van der Waals surface area contributed by atoms with Gasteiger partial charge in [0.15, 0.2) is 0 Å². The van der Waals surface area contributed by atoms with Gasteiger partial charge in [-0.3, -0.25) is 0 Å². The second kappa shape index (κ2) is 5.20. The Hall–Kier alpha value is -1.20. The van der Waals surface area contributed by atoms with Crippen LogP contribution in [-0.4, -0.2) is 40.5 Å². The van der Waals surface area contributed by atoms with E-state index in [9.17, 15) is 0 Å². The average molecular weight is 262 g/mol. The summed E-state index contributed by atoms with van der Waals surface area (Å²) in [6.45, 7) is 5.77. The summed E-state index contributed by atoms with van der Waals surface area (Å²) in [5.74, 6) is 1.00. The number of likely N-dealkylation sites (tertiary alicyclic amines) is 1. The molecule has 1 saturated heterocycles.